The van der Waals surface area contributed by atoms with Crippen LogP contribution in [-0.2, 0) is 0 Å². The van der Waals surface area contributed by atoms with Gasteiger partial charge in [-0.3, -0.25) is 10.1 Å². The van der Waals surface area contributed by atoms with Crippen LogP contribution in [0.15, 0.2) is 18.3 Å². The van der Waals surface area contributed by atoms with Crippen molar-refractivity contribution in [3.8, 4) is 0 Å². The molecule has 2 unspecified atom stereocenters. The van der Waals surface area contributed by atoms with Gasteiger partial charge in [-0.25, -0.2) is 4.98 Å². The molecule has 1 aromatic heterocycles. The predicted octanol–water partition coefficient (Wildman–Crippen LogP) is 1.56. The highest BCUT2D eigenvalue weighted by atomic mass is 16.6. The van der Waals surface area contributed by atoms with Crippen LogP contribution in [0.3, 0.4) is 0 Å². The first-order chi connectivity index (χ1) is 8.18. The predicted molar refractivity (Wildman–Crippen MR) is 62.7 cm³/mol. The summed E-state index contributed by atoms with van der Waals surface area (Å²) in [4.78, 5) is 14.3. The van der Waals surface area contributed by atoms with Crippen molar-refractivity contribution in [3.05, 3.63) is 28.4 Å². The molecule has 1 aromatic rings. The van der Waals surface area contributed by atoms with Gasteiger partial charge in [0.05, 0.1) is 11.0 Å². The second-order valence-electron chi connectivity index (χ2n) is 4.27. The van der Waals surface area contributed by atoms with Gasteiger partial charge in [0, 0.05) is 24.7 Å². The molecular weight excluding hydrogens is 222 g/mol. The van der Waals surface area contributed by atoms with Crippen molar-refractivity contribution in [2.24, 2.45) is 5.92 Å². The maximum absolute atomic E-state index is 10.8. The maximum Gasteiger partial charge on any atom is 0.311 e. The summed E-state index contributed by atoms with van der Waals surface area (Å²) in [5.41, 5.74) is -0.0278. The first kappa shape index (κ1) is 11.8. The molecule has 0 aliphatic heterocycles. The lowest BCUT2D eigenvalue weighted by Crippen LogP contribution is -2.22. The Balaban J connectivity index is 2.01. The molecule has 0 radical (unpaired) electrons. The van der Waals surface area contributed by atoms with Gasteiger partial charge in [0.25, 0.3) is 0 Å². The molecule has 0 saturated heterocycles. The number of aromatic nitrogens is 1. The summed E-state index contributed by atoms with van der Waals surface area (Å²) in [6.07, 6.45) is 3.99. The van der Waals surface area contributed by atoms with E-state index in [4.69, 9.17) is 0 Å². The van der Waals surface area contributed by atoms with E-state index in [0.717, 1.165) is 19.3 Å². The first-order valence-corrected chi connectivity index (χ1v) is 5.70. The fourth-order valence-electron chi connectivity index (χ4n) is 2.16. The Morgan fingerprint density at radius 2 is 2.41 bits per heavy atom. The van der Waals surface area contributed by atoms with E-state index in [-0.39, 0.29) is 23.5 Å². The number of rotatable bonds is 4. The average Bonchev–Trinajstić information content (AvgIpc) is 2.72. The van der Waals surface area contributed by atoms with Gasteiger partial charge >= 0.3 is 5.69 Å². The summed E-state index contributed by atoms with van der Waals surface area (Å²) in [5, 5.41) is 23.4. The number of aliphatic hydroxyl groups is 1. The van der Waals surface area contributed by atoms with Crippen LogP contribution in [0, 0.1) is 16.0 Å². The minimum absolute atomic E-state index is 0.0278. The van der Waals surface area contributed by atoms with E-state index in [0.29, 0.717) is 6.54 Å². The number of anilines is 1. The zero-order valence-electron chi connectivity index (χ0n) is 9.37. The molecule has 6 heteroatoms. The second kappa shape index (κ2) is 5.09. The van der Waals surface area contributed by atoms with Crippen LogP contribution < -0.4 is 5.32 Å². The summed E-state index contributed by atoms with van der Waals surface area (Å²) in [6, 6.07) is 2.95. The Morgan fingerprint density at radius 1 is 1.59 bits per heavy atom. The zero-order valence-corrected chi connectivity index (χ0v) is 9.37. The SMILES string of the molecule is O=[N+]([O-])c1cccnc1NCC1CCCC1O. The Bertz CT molecular complexity index is 411. The lowest BCUT2D eigenvalue weighted by molar-refractivity contribution is -0.384. The summed E-state index contributed by atoms with van der Waals surface area (Å²) < 4.78 is 0. The molecule has 1 fully saturated rings. The van der Waals surface area contributed by atoms with Gasteiger partial charge < -0.3 is 10.4 Å². The van der Waals surface area contributed by atoms with Gasteiger partial charge in [0.1, 0.15) is 0 Å². The lowest BCUT2D eigenvalue weighted by Gasteiger charge is -2.15. The Kier molecular flexibility index (Phi) is 3.53. The molecule has 0 spiro atoms. The fourth-order valence-corrected chi connectivity index (χ4v) is 2.16. The van der Waals surface area contributed by atoms with Crippen LogP contribution in [0.25, 0.3) is 0 Å². The summed E-state index contributed by atoms with van der Waals surface area (Å²) in [7, 11) is 0. The van der Waals surface area contributed by atoms with Crippen LogP contribution in [0.1, 0.15) is 19.3 Å². The highest BCUT2D eigenvalue weighted by molar-refractivity contribution is 5.55. The number of hydrogen-bond donors (Lipinski definition) is 2. The zero-order chi connectivity index (χ0) is 12.3. The van der Waals surface area contributed by atoms with E-state index in [1.165, 1.54) is 18.3 Å². The molecule has 2 rings (SSSR count). The molecule has 0 amide bonds. The third kappa shape index (κ3) is 2.71. The summed E-state index contributed by atoms with van der Waals surface area (Å²) in [6.45, 7) is 0.527. The average molecular weight is 237 g/mol. The molecule has 1 saturated carbocycles. The van der Waals surface area contributed by atoms with Gasteiger partial charge in [0.15, 0.2) is 0 Å². The number of pyridine rings is 1. The number of nitrogens with zero attached hydrogens (tertiary/aromatic N) is 2. The molecule has 2 N–H and O–H groups in total. The van der Waals surface area contributed by atoms with Crippen LogP contribution in [-0.4, -0.2) is 27.7 Å². The van der Waals surface area contributed by atoms with Gasteiger partial charge in [-0.2, -0.15) is 0 Å². The van der Waals surface area contributed by atoms with E-state index >= 15 is 0 Å². The van der Waals surface area contributed by atoms with Crippen LogP contribution in [0.5, 0.6) is 0 Å². The van der Waals surface area contributed by atoms with Crippen LogP contribution in [0.4, 0.5) is 11.5 Å². The molecular formula is C11H15N3O3. The fraction of sp³-hybridized carbons (Fsp3) is 0.545. The van der Waals surface area contributed by atoms with Crippen molar-refractivity contribution < 1.29 is 10.0 Å². The molecule has 1 aliphatic carbocycles. The molecule has 1 heterocycles. The third-order valence-electron chi connectivity index (χ3n) is 3.13. The molecule has 2 atom stereocenters. The number of nitro groups is 1. The molecule has 92 valence electrons. The van der Waals surface area contributed by atoms with Crippen LogP contribution >= 0.6 is 0 Å². The molecule has 6 nitrogen and oxygen atoms in total. The van der Waals surface area contributed by atoms with E-state index in [1.807, 2.05) is 0 Å². The van der Waals surface area contributed by atoms with Gasteiger partial charge in [-0.05, 0) is 18.9 Å². The molecule has 0 bridgehead atoms. The van der Waals surface area contributed by atoms with E-state index < -0.39 is 4.92 Å². The number of nitrogens with one attached hydrogen (secondary N) is 1. The van der Waals surface area contributed by atoms with Gasteiger partial charge in [0.2, 0.25) is 5.82 Å². The third-order valence-corrected chi connectivity index (χ3v) is 3.13. The van der Waals surface area contributed by atoms with Crippen molar-refractivity contribution >= 4 is 11.5 Å². The number of aliphatic hydroxyl groups excluding tert-OH is 1. The van der Waals surface area contributed by atoms with Gasteiger partial charge in [-0.15, -0.1) is 0 Å². The van der Waals surface area contributed by atoms with E-state index in [1.54, 1.807) is 0 Å². The normalized spacial score (nSPS) is 23.6. The highest BCUT2D eigenvalue weighted by Gasteiger charge is 2.25. The van der Waals surface area contributed by atoms with E-state index in [9.17, 15) is 15.2 Å². The van der Waals surface area contributed by atoms with Crippen LogP contribution in [0.2, 0.25) is 0 Å². The molecule has 17 heavy (non-hydrogen) atoms. The monoisotopic (exact) mass is 237 g/mol. The van der Waals surface area contributed by atoms with E-state index in [2.05, 4.69) is 10.3 Å². The standard InChI is InChI=1S/C11H15N3O3/c15-10-5-1-3-8(10)7-13-11-9(14(16)17)4-2-6-12-11/h2,4,6,8,10,15H,1,3,5,7H2,(H,12,13). The summed E-state index contributed by atoms with van der Waals surface area (Å²) >= 11 is 0. The highest BCUT2D eigenvalue weighted by Crippen LogP contribution is 2.27. The van der Waals surface area contributed by atoms with Crippen molar-refractivity contribution in [2.45, 2.75) is 25.4 Å². The second-order valence-corrected chi connectivity index (χ2v) is 4.27. The van der Waals surface area contributed by atoms with Crippen molar-refractivity contribution in [3.63, 3.8) is 0 Å². The first-order valence-electron chi connectivity index (χ1n) is 5.70. The Morgan fingerprint density at radius 3 is 3.06 bits per heavy atom. The van der Waals surface area contributed by atoms with Crippen molar-refractivity contribution in [1.82, 2.24) is 4.98 Å². The molecule has 0 aromatic carbocycles. The quantitative estimate of drug-likeness (QED) is 0.612. The Hall–Kier alpha value is -1.69. The minimum Gasteiger partial charge on any atom is -0.393 e. The minimum atomic E-state index is -0.458. The van der Waals surface area contributed by atoms with Gasteiger partial charge in [-0.1, -0.05) is 6.42 Å². The van der Waals surface area contributed by atoms with Crippen molar-refractivity contribution in [2.75, 3.05) is 11.9 Å². The summed E-state index contributed by atoms with van der Waals surface area (Å²) in [5.74, 6) is 0.438. The smallest absolute Gasteiger partial charge is 0.311 e. The molecule has 1 aliphatic rings. The number of hydrogen-bond acceptors (Lipinski definition) is 5. The maximum atomic E-state index is 10.8. The lowest BCUT2D eigenvalue weighted by atomic mass is 10.1. The van der Waals surface area contributed by atoms with Crippen molar-refractivity contribution in [1.29, 1.82) is 0 Å². The largest absolute Gasteiger partial charge is 0.393 e. The topological polar surface area (TPSA) is 88.3 Å². The Labute approximate surface area is 98.8 Å².